The molecule has 0 aromatic heterocycles. The highest BCUT2D eigenvalue weighted by molar-refractivity contribution is 5.25. The number of rotatable bonds is 6. The number of benzene rings is 2. The van der Waals surface area contributed by atoms with Crippen LogP contribution in [0, 0.1) is 29.1 Å². The lowest BCUT2D eigenvalue weighted by Gasteiger charge is -2.36. The summed E-state index contributed by atoms with van der Waals surface area (Å²) in [5.41, 5.74) is 2.92. The van der Waals surface area contributed by atoms with Gasteiger partial charge in [0, 0.05) is 13.2 Å². The molecule has 132 valence electrons. The van der Waals surface area contributed by atoms with Crippen LogP contribution in [0.1, 0.15) is 24.0 Å². The molecule has 2 heteroatoms. The summed E-state index contributed by atoms with van der Waals surface area (Å²) in [7, 11) is 0. The lowest BCUT2D eigenvalue weighted by Crippen LogP contribution is -2.33. The Labute approximate surface area is 150 Å². The smallest absolute Gasteiger partial charge is 0.0465 e. The maximum Gasteiger partial charge on any atom is 0.0465 e. The quantitative estimate of drug-likeness (QED) is 0.844. The highest BCUT2D eigenvalue weighted by atomic mass is 16.3. The third-order valence-electron chi connectivity index (χ3n) is 7.02. The molecule has 2 aliphatic rings. The molecule has 2 aliphatic carbocycles. The number of fused-ring (bicyclic) bond motifs is 2. The minimum Gasteiger partial charge on any atom is -0.396 e. The normalized spacial score (nSPS) is 29.8. The van der Waals surface area contributed by atoms with E-state index in [0.717, 1.165) is 12.8 Å². The van der Waals surface area contributed by atoms with Crippen LogP contribution < -0.4 is 0 Å². The van der Waals surface area contributed by atoms with E-state index in [1.807, 2.05) is 0 Å². The van der Waals surface area contributed by atoms with Gasteiger partial charge in [-0.25, -0.2) is 0 Å². The molecule has 2 saturated carbocycles. The predicted molar refractivity (Wildman–Crippen MR) is 100 cm³/mol. The molecule has 0 saturated heterocycles. The van der Waals surface area contributed by atoms with Crippen molar-refractivity contribution in [2.75, 3.05) is 13.2 Å². The molecular weight excluding hydrogens is 308 g/mol. The summed E-state index contributed by atoms with van der Waals surface area (Å²) < 4.78 is 0. The van der Waals surface area contributed by atoms with Crippen LogP contribution in [-0.2, 0) is 12.8 Å². The summed E-state index contributed by atoms with van der Waals surface area (Å²) in [6.45, 7) is 0.412. The van der Waals surface area contributed by atoms with Gasteiger partial charge in [0.25, 0.3) is 0 Å². The van der Waals surface area contributed by atoms with Crippen molar-refractivity contribution >= 4 is 0 Å². The number of hydrogen-bond donors (Lipinski definition) is 2. The summed E-state index contributed by atoms with van der Waals surface area (Å²) in [5.74, 6) is 1.49. The van der Waals surface area contributed by atoms with Crippen LogP contribution in [-0.4, -0.2) is 23.4 Å². The van der Waals surface area contributed by atoms with Crippen molar-refractivity contribution in [1.82, 2.24) is 0 Å². The standard InChI is InChI=1S/C23H28O2/c24-15-19-20(16-25)22-12-11-21(19)23(22,13-17-7-3-1-4-8-17)14-18-9-5-2-6-10-18/h1-10,19-22,24-25H,11-16H2/t19-,20+,21-,22+. The van der Waals surface area contributed by atoms with E-state index in [4.69, 9.17) is 0 Å². The van der Waals surface area contributed by atoms with Gasteiger partial charge in [-0.15, -0.1) is 0 Å². The molecule has 0 spiro atoms. The van der Waals surface area contributed by atoms with Gasteiger partial charge < -0.3 is 10.2 Å². The summed E-state index contributed by atoms with van der Waals surface area (Å²) in [5, 5.41) is 20.1. The van der Waals surface area contributed by atoms with Crippen LogP contribution in [0.15, 0.2) is 60.7 Å². The second-order valence-electron chi connectivity index (χ2n) is 8.04. The Morgan fingerprint density at radius 2 is 1.08 bits per heavy atom. The molecule has 2 fully saturated rings. The minimum absolute atomic E-state index is 0.156. The van der Waals surface area contributed by atoms with Crippen molar-refractivity contribution in [2.45, 2.75) is 25.7 Å². The van der Waals surface area contributed by atoms with E-state index in [9.17, 15) is 10.2 Å². The third kappa shape index (κ3) is 2.82. The Morgan fingerprint density at radius 1 is 0.680 bits per heavy atom. The van der Waals surface area contributed by atoms with Crippen LogP contribution in [0.25, 0.3) is 0 Å². The summed E-state index contributed by atoms with van der Waals surface area (Å²) in [6.07, 6.45) is 4.47. The molecule has 25 heavy (non-hydrogen) atoms. The first-order valence-electron chi connectivity index (χ1n) is 9.58. The van der Waals surface area contributed by atoms with Crippen molar-refractivity contribution < 1.29 is 10.2 Å². The summed E-state index contributed by atoms with van der Waals surface area (Å²) in [4.78, 5) is 0. The Balaban J connectivity index is 1.74. The van der Waals surface area contributed by atoms with Crippen LogP contribution in [0.4, 0.5) is 0 Å². The fourth-order valence-electron chi connectivity index (χ4n) is 6.15. The highest BCUT2D eigenvalue weighted by Crippen LogP contribution is 2.65. The molecule has 2 aromatic carbocycles. The molecule has 0 heterocycles. The molecule has 0 aliphatic heterocycles. The van der Waals surface area contributed by atoms with E-state index in [1.54, 1.807) is 0 Å². The first-order valence-corrected chi connectivity index (χ1v) is 9.58. The second-order valence-corrected chi connectivity index (χ2v) is 8.04. The van der Waals surface area contributed by atoms with Gasteiger partial charge in [0.15, 0.2) is 0 Å². The second kappa shape index (κ2) is 6.93. The minimum atomic E-state index is 0.156. The predicted octanol–water partition coefficient (Wildman–Crippen LogP) is 3.72. The fraction of sp³-hybridized carbons (Fsp3) is 0.478. The zero-order valence-electron chi connectivity index (χ0n) is 14.7. The van der Waals surface area contributed by atoms with Gasteiger partial charge in [0.1, 0.15) is 0 Å². The van der Waals surface area contributed by atoms with E-state index in [0.29, 0.717) is 11.8 Å². The Hall–Kier alpha value is -1.64. The molecule has 0 unspecified atom stereocenters. The molecule has 4 rings (SSSR count). The molecule has 0 radical (unpaired) electrons. The van der Waals surface area contributed by atoms with Crippen molar-refractivity contribution in [3.63, 3.8) is 0 Å². The number of hydrogen-bond acceptors (Lipinski definition) is 2. The molecule has 0 amide bonds. The molecule has 2 aromatic rings. The lowest BCUT2D eigenvalue weighted by molar-refractivity contribution is 0.0791. The van der Waals surface area contributed by atoms with Gasteiger partial charge in [0.05, 0.1) is 0 Å². The topological polar surface area (TPSA) is 40.5 Å². The average Bonchev–Trinajstić information content (AvgIpc) is 3.11. The maximum absolute atomic E-state index is 10.0. The monoisotopic (exact) mass is 336 g/mol. The molecule has 2 N–H and O–H groups in total. The Morgan fingerprint density at radius 3 is 1.44 bits per heavy atom. The lowest BCUT2D eigenvalue weighted by atomic mass is 9.68. The van der Waals surface area contributed by atoms with Crippen LogP contribution >= 0.6 is 0 Å². The van der Waals surface area contributed by atoms with Crippen LogP contribution in [0.5, 0.6) is 0 Å². The van der Waals surface area contributed by atoms with Gasteiger partial charge in [0.2, 0.25) is 0 Å². The van der Waals surface area contributed by atoms with E-state index in [1.165, 1.54) is 24.0 Å². The first kappa shape index (κ1) is 16.8. The molecule has 2 bridgehead atoms. The van der Waals surface area contributed by atoms with Gasteiger partial charge in [-0.2, -0.15) is 0 Å². The maximum atomic E-state index is 10.0. The zero-order chi connectivity index (χ0) is 17.3. The van der Waals surface area contributed by atoms with Crippen molar-refractivity contribution in [3.05, 3.63) is 71.8 Å². The van der Waals surface area contributed by atoms with E-state index < -0.39 is 0 Å². The van der Waals surface area contributed by atoms with E-state index in [-0.39, 0.29) is 30.5 Å². The Bertz CT molecular complexity index is 620. The van der Waals surface area contributed by atoms with Gasteiger partial charge in [-0.3, -0.25) is 0 Å². The van der Waals surface area contributed by atoms with Gasteiger partial charge in [-0.05, 0) is 65.9 Å². The summed E-state index contributed by atoms with van der Waals surface area (Å²) in [6, 6.07) is 21.5. The SMILES string of the molecule is OC[C@@H]1[C@H](CO)[C@@H]2CC[C@H]1C2(Cc1ccccc1)Cc1ccccc1. The first-order chi connectivity index (χ1) is 12.3. The van der Waals surface area contributed by atoms with Crippen LogP contribution in [0.2, 0.25) is 0 Å². The summed E-state index contributed by atoms with van der Waals surface area (Å²) >= 11 is 0. The zero-order valence-corrected chi connectivity index (χ0v) is 14.7. The molecular formula is C23H28O2. The van der Waals surface area contributed by atoms with E-state index in [2.05, 4.69) is 60.7 Å². The van der Waals surface area contributed by atoms with Crippen molar-refractivity contribution in [3.8, 4) is 0 Å². The van der Waals surface area contributed by atoms with Gasteiger partial charge in [-0.1, -0.05) is 60.7 Å². The van der Waals surface area contributed by atoms with Crippen molar-refractivity contribution in [2.24, 2.45) is 29.1 Å². The van der Waals surface area contributed by atoms with Gasteiger partial charge >= 0.3 is 0 Å². The largest absolute Gasteiger partial charge is 0.396 e. The van der Waals surface area contributed by atoms with Crippen LogP contribution in [0.3, 0.4) is 0 Å². The highest BCUT2D eigenvalue weighted by Gasteiger charge is 2.62. The van der Waals surface area contributed by atoms with E-state index >= 15 is 0 Å². The number of aliphatic hydroxyl groups is 2. The van der Waals surface area contributed by atoms with Crippen molar-refractivity contribution in [1.29, 1.82) is 0 Å². The average molecular weight is 336 g/mol. The fourth-order valence-corrected chi connectivity index (χ4v) is 6.15. The molecule has 4 atom stereocenters. The Kier molecular flexibility index (Phi) is 4.66. The third-order valence-corrected chi connectivity index (χ3v) is 7.02. The molecule has 2 nitrogen and oxygen atoms in total. The number of aliphatic hydroxyl groups excluding tert-OH is 2.